The second kappa shape index (κ2) is 16.2. The molecule has 0 unspecified atom stereocenters. The summed E-state index contributed by atoms with van der Waals surface area (Å²) < 4.78 is 15.5. The Kier molecular flexibility index (Phi) is 11.0. The molecule has 290 valence electrons. The molecule has 0 N–H and O–H groups in total. The van der Waals surface area contributed by atoms with Crippen LogP contribution in [0, 0.1) is 69.2 Å². The summed E-state index contributed by atoms with van der Waals surface area (Å²) in [5, 5.41) is 9.44. The van der Waals surface area contributed by atoms with E-state index in [9.17, 15) is 0 Å². The van der Waals surface area contributed by atoms with Crippen molar-refractivity contribution in [3.05, 3.63) is 189 Å². The minimum absolute atomic E-state index is 0.894. The number of rotatable bonds is 9. The quantitative estimate of drug-likeness (QED) is 0.136. The van der Waals surface area contributed by atoms with Crippen molar-refractivity contribution in [3.8, 4) is 22.6 Å². The smallest absolute Gasteiger partial charge is 0.150 e. The van der Waals surface area contributed by atoms with Gasteiger partial charge in [-0.1, -0.05) is 117 Å². The molecule has 0 aliphatic carbocycles. The maximum Gasteiger partial charge on any atom is 0.150 e. The van der Waals surface area contributed by atoms with E-state index < -0.39 is 16.3 Å². The van der Waals surface area contributed by atoms with Gasteiger partial charge in [-0.3, -0.25) is 0 Å². The van der Waals surface area contributed by atoms with Crippen molar-refractivity contribution < 1.29 is 9.05 Å². The van der Waals surface area contributed by atoms with Crippen molar-refractivity contribution in [2.45, 2.75) is 69.2 Å². The first-order valence-corrected chi connectivity index (χ1v) is 22.7. The van der Waals surface area contributed by atoms with Gasteiger partial charge in [0.1, 0.15) is 11.5 Å². The molecule has 2 nitrogen and oxygen atoms in total. The van der Waals surface area contributed by atoms with E-state index in [0.29, 0.717) is 0 Å². The Balaban J connectivity index is 1.44. The predicted molar refractivity (Wildman–Crippen MR) is 254 cm³/mol. The fourth-order valence-electron chi connectivity index (χ4n) is 8.63. The van der Waals surface area contributed by atoms with Crippen LogP contribution in [-0.4, -0.2) is 0 Å². The summed E-state index contributed by atoms with van der Waals surface area (Å²) in [6, 6.07) is 49.6. The summed E-state index contributed by atoms with van der Waals surface area (Å²) in [7, 11) is -2.54. The standard InChI is InChI=1S/C54H52O2P2/c1-33-19-34(2)24-45(23-33)57(46-25-35(3)20-36(4)26-46)55-53-41(9)31-43-15-11-13-17-49(43)51(53)52-50-18-14-12-16-44(50)32-42(10)54(52)56-58(47-27-37(5)21-38(6)28-47)48-29-39(7)22-40(8)30-48/h11-32H,1-10H3. The number of aryl methyl sites for hydroxylation is 10. The van der Waals surface area contributed by atoms with Gasteiger partial charge >= 0.3 is 0 Å². The topological polar surface area (TPSA) is 18.5 Å². The first kappa shape index (κ1) is 39.6. The fraction of sp³-hybridized carbons (Fsp3) is 0.185. The molecule has 0 heterocycles. The third-order valence-electron chi connectivity index (χ3n) is 10.8. The lowest BCUT2D eigenvalue weighted by Gasteiger charge is -2.28. The van der Waals surface area contributed by atoms with Crippen molar-refractivity contribution >= 4 is 59.1 Å². The van der Waals surface area contributed by atoms with Crippen LogP contribution in [0.25, 0.3) is 32.7 Å². The zero-order chi connectivity index (χ0) is 40.8. The summed E-state index contributed by atoms with van der Waals surface area (Å²) in [6.45, 7) is 21.9. The molecule has 0 saturated carbocycles. The zero-order valence-electron chi connectivity index (χ0n) is 35.4. The largest absolute Gasteiger partial charge is 0.464 e. The molecule has 0 amide bonds. The van der Waals surface area contributed by atoms with Gasteiger partial charge in [-0.2, -0.15) is 0 Å². The van der Waals surface area contributed by atoms with Gasteiger partial charge in [0.05, 0.1) is 0 Å². The molecule has 0 bridgehead atoms. The molecule has 0 saturated heterocycles. The van der Waals surface area contributed by atoms with Gasteiger partial charge in [0.25, 0.3) is 0 Å². The molecule has 8 rings (SSSR count). The second-order valence-corrected chi connectivity index (χ2v) is 20.0. The van der Waals surface area contributed by atoms with Crippen LogP contribution < -0.4 is 30.3 Å². The molecule has 8 aromatic rings. The molecule has 0 aliphatic rings. The van der Waals surface area contributed by atoms with Crippen LogP contribution >= 0.6 is 16.3 Å². The third kappa shape index (κ3) is 8.07. The number of fused-ring (bicyclic) bond motifs is 2. The third-order valence-corrected chi connectivity index (χ3v) is 14.4. The van der Waals surface area contributed by atoms with Crippen LogP contribution in [-0.2, 0) is 0 Å². The first-order chi connectivity index (χ1) is 27.8. The Morgan fingerprint density at radius 1 is 0.310 bits per heavy atom. The van der Waals surface area contributed by atoms with Crippen LogP contribution in [0.5, 0.6) is 11.5 Å². The summed E-state index contributed by atoms with van der Waals surface area (Å²) in [6.07, 6.45) is 0. The van der Waals surface area contributed by atoms with E-state index in [0.717, 1.165) is 44.5 Å². The Hall–Kier alpha value is -5.26. The van der Waals surface area contributed by atoms with Gasteiger partial charge in [0.2, 0.25) is 0 Å². The minimum Gasteiger partial charge on any atom is -0.464 e. The van der Waals surface area contributed by atoms with E-state index in [1.54, 1.807) is 0 Å². The first-order valence-electron chi connectivity index (χ1n) is 20.2. The lowest BCUT2D eigenvalue weighted by atomic mass is 9.89. The molecule has 0 radical (unpaired) electrons. The van der Waals surface area contributed by atoms with Crippen LogP contribution in [0.2, 0.25) is 0 Å². The molecular weight excluding hydrogens is 743 g/mol. The maximum absolute atomic E-state index is 7.73. The molecule has 0 fully saturated rings. The van der Waals surface area contributed by atoms with E-state index in [-0.39, 0.29) is 0 Å². The lowest BCUT2D eigenvalue weighted by molar-refractivity contribution is 0.618. The number of hydrogen-bond donors (Lipinski definition) is 0. The van der Waals surface area contributed by atoms with Gasteiger partial charge in [-0.15, -0.1) is 0 Å². The lowest BCUT2D eigenvalue weighted by Crippen LogP contribution is -2.19. The zero-order valence-corrected chi connectivity index (χ0v) is 37.2. The average molecular weight is 795 g/mol. The van der Waals surface area contributed by atoms with Crippen LogP contribution in [0.15, 0.2) is 133 Å². The van der Waals surface area contributed by atoms with Gasteiger partial charge in [-0.05, 0) is 163 Å². The number of benzene rings is 8. The highest BCUT2D eigenvalue weighted by atomic mass is 31.1. The van der Waals surface area contributed by atoms with Gasteiger partial charge < -0.3 is 9.05 Å². The highest BCUT2D eigenvalue weighted by molar-refractivity contribution is 7.69. The Bertz CT molecular complexity index is 2490. The van der Waals surface area contributed by atoms with Crippen LogP contribution in [0.3, 0.4) is 0 Å². The van der Waals surface area contributed by atoms with Crippen LogP contribution in [0.4, 0.5) is 0 Å². The normalized spacial score (nSPS) is 11.6. The summed E-state index contributed by atoms with van der Waals surface area (Å²) in [5.41, 5.74) is 14.2. The van der Waals surface area contributed by atoms with Crippen LogP contribution in [0.1, 0.15) is 55.6 Å². The van der Waals surface area contributed by atoms with E-state index in [1.807, 2.05) is 0 Å². The molecule has 0 atom stereocenters. The molecule has 0 aromatic heterocycles. The van der Waals surface area contributed by atoms with Crippen molar-refractivity contribution in [1.82, 2.24) is 0 Å². The molecular formula is C54H52O2P2. The highest BCUT2D eigenvalue weighted by Crippen LogP contribution is 2.54. The van der Waals surface area contributed by atoms with E-state index in [2.05, 4.69) is 203 Å². The highest BCUT2D eigenvalue weighted by Gasteiger charge is 2.29. The predicted octanol–water partition coefficient (Wildman–Crippen LogP) is 13.6. The number of hydrogen-bond acceptors (Lipinski definition) is 2. The Morgan fingerprint density at radius 2 is 0.569 bits per heavy atom. The monoisotopic (exact) mass is 794 g/mol. The van der Waals surface area contributed by atoms with Crippen molar-refractivity contribution in [2.24, 2.45) is 0 Å². The molecule has 8 aromatic carbocycles. The van der Waals surface area contributed by atoms with Crippen molar-refractivity contribution in [2.75, 3.05) is 0 Å². The molecule has 0 spiro atoms. The summed E-state index contributed by atoms with van der Waals surface area (Å²) >= 11 is 0. The minimum atomic E-state index is -1.27. The molecule has 4 heteroatoms. The Labute approximate surface area is 347 Å². The van der Waals surface area contributed by atoms with Gasteiger partial charge in [0.15, 0.2) is 16.3 Å². The Morgan fingerprint density at radius 3 is 0.845 bits per heavy atom. The van der Waals surface area contributed by atoms with Gasteiger partial charge in [0, 0.05) is 32.3 Å². The van der Waals surface area contributed by atoms with E-state index >= 15 is 0 Å². The van der Waals surface area contributed by atoms with Crippen molar-refractivity contribution in [1.29, 1.82) is 0 Å². The molecule has 58 heavy (non-hydrogen) atoms. The summed E-state index contributed by atoms with van der Waals surface area (Å²) in [5.74, 6) is 1.79. The molecule has 0 aliphatic heterocycles. The second-order valence-electron chi connectivity index (χ2n) is 16.4. The van der Waals surface area contributed by atoms with Gasteiger partial charge in [-0.25, -0.2) is 0 Å². The summed E-state index contributed by atoms with van der Waals surface area (Å²) in [4.78, 5) is 0. The average Bonchev–Trinajstić information content (AvgIpc) is 3.14. The maximum atomic E-state index is 7.73. The van der Waals surface area contributed by atoms with Crippen molar-refractivity contribution in [3.63, 3.8) is 0 Å². The van der Waals surface area contributed by atoms with E-state index in [4.69, 9.17) is 9.05 Å². The fourth-order valence-corrected chi connectivity index (χ4v) is 13.1. The SMILES string of the molecule is Cc1cc(C)cc(P(Oc2c(C)cc3ccccc3c2-c2c(OP(c3cc(C)cc(C)c3)c3cc(C)cc(C)c3)c(C)cc3ccccc23)c2cc(C)cc(C)c2)c1. The van der Waals surface area contributed by atoms with E-state index in [1.165, 1.54) is 76.5 Å².